The van der Waals surface area contributed by atoms with Crippen LogP contribution in [0.2, 0.25) is 5.28 Å². The van der Waals surface area contributed by atoms with Gasteiger partial charge in [-0.1, -0.05) is 5.16 Å². The van der Waals surface area contributed by atoms with E-state index in [1.54, 1.807) is 13.0 Å². The van der Waals surface area contributed by atoms with Gasteiger partial charge in [0.2, 0.25) is 11.2 Å². The van der Waals surface area contributed by atoms with Crippen LogP contribution < -0.4 is 5.32 Å². The fourth-order valence-corrected chi connectivity index (χ4v) is 1.55. The molecule has 18 heavy (non-hydrogen) atoms. The Kier molecular flexibility index (Phi) is 3.83. The van der Waals surface area contributed by atoms with Crippen molar-refractivity contribution < 1.29 is 9.32 Å². The smallest absolute Gasteiger partial charge is 0.270 e. The molecule has 0 saturated heterocycles. The van der Waals surface area contributed by atoms with Crippen LogP contribution in [0, 0.1) is 6.92 Å². The molecule has 1 amide bonds. The summed E-state index contributed by atoms with van der Waals surface area (Å²) in [5.41, 5.74) is 0.870. The highest BCUT2D eigenvalue weighted by atomic mass is 35.5. The summed E-state index contributed by atoms with van der Waals surface area (Å²) in [5, 5.41) is 6.19. The number of carbonyl (C=O) groups excluding carboxylic acids is 1. The number of hydrogen-bond acceptors (Lipinski definition) is 6. The zero-order valence-electron chi connectivity index (χ0n) is 9.55. The van der Waals surface area contributed by atoms with Gasteiger partial charge in [-0.25, -0.2) is 9.97 Å². The highest BCUT2D eigenvalue weighted by molar-refractivity contribution is 6.28. The van der Waals surface area contributed by atoms with Crippen LogP contribution in [-0.4, -0.2) is 32.6 Å². The third kappa shape index (κ3) is 3.24. The fraction of sp³-hybridized carbons (Fsp3) is 0.300. The number of aryl methyl sites for hydroxylation is 1. The summed E-state index contributed by atoms with van der Waals surface area (Å²) in [7, 11) is 0. The van der Waals surface area contributed by atoms with Crippen molar-refractivity contribution in [1.29, 1.82) is 0 Å². The summed E-state index contributed by atoms with van der Waals surface area (Å²) in [4.78, 5) is 23.3. The van der Waals surface area contributed by atoms with Crippen molar-refractivity contribution in [3.8, 4) is 0 Å². The number of hydrogen-bond donors (Lipinski definition) is 1. The van der Waals surface area contributed by atoms with E-state index >= 15 is 0 Å². The van der Waals surface area contributed by atoms with E-state index in [2.05, 4.69) is 25.4 Å². The Morgan fingerprint density at radius 1 is 1.50 bits per heavy atom. The molecule has 0 radical (unpaired) electrons. The van der Waals surface area contributed by atoms with Crippen molar-refractivity contribution in [2.45, 2.75) is 13.3 Å². The molecule has 1 N–H and O–H groups in total. The normalized spacial score (nSPS) is 10.3. The van der Waals surface area contributed by atoms with Crippen LogP contribution in [0.3, 0.4) is 0 Å². The second-order valence-electron chi connectivity index (χ2n) is 3.50. The summed E-state index contributed by atoms with van der Waals surface area (Å²) in [5.74, 6) is 0.147. The maximum Gasteiger partial charge on any atom is 0.270 e. The Morgan fingerprint density at radius 3 is 3.00 bits per heavy atom. The van der Waals surface area contributed by atoms with Crippen LogP contribution in [0.1, 0.15) is 22.1 Å². The number of amides is 1. The number of rotatable bonds is 4. The van der Waals surface area contributed by atoms with Gasteiger partial charge in [-0.15, -0.1) is 0 Å². The summed E-state index contributed by atoms with van der Waals surface area (Å²) in [6, 6.07) is 1.56. The molecule has 2 rings (SSSR count). The van der Waals surface area contributed by atoms with Gasteiger partial charge in [-0.2, -0.15) is 4.98 Å². The van der Waals surface area contributed by atoms with Crippen molar-refractivity contribution in [2.75, 3.05) is 6.54 Å². The molecule has 0 saturated carbocycles. The van der Waals surface area contributed by atoms with Gasteiger partial charge < -0.3 is 9.84 Å². The molecule has 8 heteroatoms. The molecule has 0 spiro atoms. The molecular weight excluding hydrogens is 258 g/mol. The summed E-state index contributed by atoms with van der Waals surface area (Å²) >= 11 is 5.67. The second-order valence-corrected chi connectivity index (χ2v) is 3.84. The number of halogens is 1. The standard InChI is InChI=1S/C10H10ClN5O2/c1-6-4-7(16-10(11)15-6)9(17)12-3-2-8-13-5-14-18-8/h4-5H,2-3H2,1H3,(H,12,17). The highest BCUT2D eigenvalue weighted by Gasteiger charge is 2.09. The second kappa shape index (κ2) is 5.54. The van der Waals surface area contributed by atoms with Crippen molar-refractivity contribution >= 4 is 17.5 Å². The average Bonchev–Trinajstić information content (AvgIpc) is 2.80. The van der Waals surface area contributed by atoms with E-state index < -0.39 is 0 Å². The van der Waals surface area contributed by atoms with Gasteiger partial charge in [0, 0.05) is 18.7 Å². The van der Waals surface area contributed by atoms with E-state index in [1.165, 1.54) is 6.33 Å². The van der Waals surface area contributed by atoms with Gasteiger partial charge in [-0.3, -0.25) is 4.79 Å². The molecule has 0 fully saturated rings. The Labute approximate surface area is 108 Å². The molecular formula is C10H10ClN5O2. The van der Waals surface area contributed by atoms with Gasteiger partial charge in [0.25, 0.3) is 5.91 Å². The predicted octanol–water partition coefficient (Wildman–Crippen LogP) is 0.794. The van der Waals surface area contributed by atoms with Crippen molar-refractivity contribution in [1.82, 2.24) is 25.4 Å². The molecule has 0 bridgehead atoms. The van der Waals surface area contributed by atoms with E-state index in [0.717, 1.165) is 0 Å². The molecule has 0 atom stereocenters. The Bertz CT molecular complexity index is 523. The topological polar surface area (TPSA) is 93.8 Å². The van der Waals surface area contributed by atoms with Crippen molar-refractivity contribution in [2.24, 2.45) is 0 Å². The van der Waals surface area contributed by atoms with E-state index in [1.807, 2.05) is 0 Å². The molecule has 0 aliphatic heterocycles. The number of carbonyl (C=O) groups is 1. The number of nitrogens with one attached hydrogen (secondary N) is 1. The van der Waals surface area contributed by atoms with Gasteiger partial charge in [-0.05, 0) is 24.6 Å². The van der Waals surface area contributed by atoms with Gasteiger partial charge >= 0.3 is 0 Å². The van der Waals surface area contributed by atoms with Crippen LogP contribution in [0.4, 0.5) is 0 Å². The van der Waals surface area contributed by atoms with Gasteiger partial charge in [0.1, 0.15) is 5.69 Å². The minimum atomic E-state index is -0.318. The Balaban J connectivity index is 1.91. The Morgan fingerprint density at radius 2 is 2.33 bits per heavy atom. The van der Waals surface area contributed by atoms with Crippen LogP contribution in [0.5, 0.6) is 0 Å². The molecule has 2 heterocycles. The minimum Gasteiger partial charge on any atom is -0.350 e. The van der Waals surface area contributed by atoms with Crippen molar-refractivity contribution in [3.05, 3.63) is 35.0 Å². The molecule has 0 aliphatic rings. The maximum atomic E-state index is 11.8. The minimum absolute atomic E-state index is 0.0528. The van der Waals surface area contributed by atoms with Gasteiger partial charge in [0.05, 0.1) is 0 Å². The lowest BCUT2D eigenvalue weighted by Gasteiger charge is -2.03. The fourth-order valence-electron chi connectivity index (χ4n) is 1.33. The molecule has 0 aliphatic carbocycles. The van der Waals surface area contributed by atoms with Crippen LogP contribution in [0.25, 0.3) is 0 Å². The third-order valence-electron chi connectivity index (χ3n) is 2.09. The maximum absolute atomic E-state index is 11.8. The largest absolute Gasteiger partial charge is 0.350 e. The van der Waals surface area contributed by atoms with Crippen LogP contribution >= 0.6 is 11.6 Å². The lowest BCUT2D eigenvalue weighted by molar-refractivity contribution is 0.0948. The molecule has 94 valence electrons. The number of aromatic nitrogens is 4. The zero-order chi connectivity index (χ0) is 13.0. The average molecular weight is 268 g/mol. The van der Waals surface area contributed by atoms with E-state index in [0.29, 0.717) is 24.6 Å². The molecule has 7 nitrogen and oxygen atoms in total. The van der Waals surface area contributed by atoms with Crippen LogP contribution in [0.15, 0.2) is 16.9 Å². The predicted molar refractivity (Wildman–Crippen MR) is 62.1 cm³/mol. The SMILES string of the molecule is Cc1cc(C(=O)NCCc2ncno2)nc(Cl)n1. The molecule has 0 unspecified atom stereocenters. The monoisotopic (exact) mass is 267 g/mol. The van der Waals surface area contributed by atoms with E-state index in [4.69, 9.17) is 16.1 Å². The summed E-state index contributed by atoms with van der Waals surface area (Å²) < 4.78 is 4.80. The first-order valence-corrected chi connectivity index (χ1v) is 5.58. The van der Waals surface area contributed by atoms with E-state index in [9.17, 15) is 4.79 Å². The Hall–Kier alpha value is -2.02. The summed E-state index contributed by atoms with van der Waals surface area (Å²) in [6.07, 6.45) is 1.77. The van der Waals surface area contributed by atoms with Crippen molar-refractivity contribution in [3.63, 3.8) is 0 Å². The molecule has 0 aromatic carbocycles. The lowest BCUT2D eigenvalue weighted by Crippen LogP contribution is -2.26. The lowest BCUT2D eigenvalue weighted by atomic mass is 10.3. The van der Waals surface area contributed by atoms with E-state index in [-0.39, 0.29) is 16.9 Å². The molecule has 2 aromatic heterocycles. The zero-order valence-corrected chi connectivity index (χ0v) is 10.3. The number of nitrogens with zero attached hydrogens (tertiary/aromatic N) is 4. The first-order chi connectivity index (χ1) is 8.65. The third-order valence-corrected chi connectivity index (χ3v) is 2.26. The van der Waals surface area contributed by atoms with Crippen LogP contribution in [-0.2, 0) is 6.42 Å². The van der Waals surface area contributed by atoms with Gasteiger partial charge in [0.15, 0.2) is 6.33 Å². The molecule has 2 aromatic rings. The summed E-state index contributed by atoms with van der Waals surface area (Å²) in [6.45, 7) is 2.12. The first kappa shape index (κ1) is 12.4. The quantitative estimate of drug-likeness (QED) is 0.823. The highest BCUT2D eigenvalue weighted by Crippen LogP contribution is 2.05. The first-order valence-electron chi connectivity index (χ1n) is 5.20.